The van der Waals surface area contributed by atoms with Crippen molar-refractivity contribution >= 4 is 127 Å². The molecule has 9 aromatic rings. The Balaban J connectivity index is 0.990. The Bertz CT molecular complexity index is 4340. The van der Waals surface area contributed by atoms with E-state index in [1.54, 1.807) is 65.5 Å². The van der Waals surface area contributed by atoms with Gasteiger partial charge in [-0.2, -0.15) is 0 Å². The minimum atomic E-state index is -1.35. The number of aryl methyl sites for hydroxylation is 1. The van der Waals surface area contributed by atoms with Crippen LogP contribution >= 0.6 is 68.0 Å². The number of rotatable bonds is 13. The van der Waals surface area contributed by atoms with E-state index in [0.29, 0.717) is 83.0 Å². The van der Waals surface area contributed by atoms with Gasteiger partial charge < -0.3 is 51.4 Å². The molecule has 6 amide bonds. The Kier molecular flexibility index (Phi) is 20.4. The van der Waals surface area contributed by atoms with Gasteiger partial charge in [0.15, 0.2) is 5.82 Å². The summed E-state index contributed by atoms with van der Waals surface area (Å²) in [4.78, 5) is 148. The maximum absolute atomic E-state index is 14.5. The highest BCUT2D eigenvalue weighted by atomic mass is 32.1. The summed E-state index contributed by atoms with van der Waals surface area (Å²) >= 11 is 6.86. The molecule has 94 heavy (non-hydrogen) atoms. The summed E-state index contributed by atoms with van der Waals surface area (Å²) in [7, 11) is 2.91. The smallest absolute Gasteiger partial charge is 0.420 e. The number of nitrogens with zero attached hydrogens (tertiary/aromatic N) is 9. The van der Waals surface area contributed by atoms with Gasteiger partial charge in [-0.15, -0.1) is 68.0 Å². The first-order valence-electron chi connectivity index (χ1n) is 29.1. The molecule has 1 aromatic carbocycles. The Labute approximate surface area is 559 Å². The molecule has 27 nitrogen and oxygen atoms in total. The first-order chi connectivity index (χ1) is 45.2. The number of aliphatic carboxylic acids is 1. The first-order valence-corrected chi connectivity index (χ1v) is 34.2. The number of hydrogen-bond acceptors (Lipinski definition) is 25. The number of thiazole rings is 6. The SMILES string of the molecule is CNC(=O)C[C@@H]1NC(=O)c2csc(n2)-c2ccc(-c3nc(N(C(=O)OC4CCC(C(=O)O)CC4)c4ccnc(C(=O)O)c4)cs3)nc2-c2csc(n2)-c2csc(n2)[C@H]([C@@H](O)c2ccccc2)NC(=O)CNC(=O)c2nc(sc2COC)[C@H](C(C)C)NC(=O)c2nc1sc2C. The summed E-state index contributed by atoms with van der Waals surface area (Å²) in [6, 6.07) is 11.8. The quantitative estimate of drug-likeness (QED) is 0.0532. The summed E-state index contributed by atoms with van der Waals surface area (Å²) in [6.45, 7) is 4.86. The van der Waals surface area contributed by atoms with Gasteiger partial charge in [-0.1, -0.05) is 44.2 Å². The van der Waals surface area contributed by atoms with Gasteiger partial charge in [0.05, 0.1) is 53.8 Å². The predicted molar refractivity (Wildman–Crippen MR) is 350 cm³/mol. The van der Waals surface area contributed by atoms with Crippen molar-refractivity contribution in [2.75, 3.05) is 25.6 Å². The number of anilines is 2. The normalized spacial score (nSPS) is 18.2. The number of amides is 6. The van der Waals surface area contributed by atoms with Gasteiger partial charge in [-0.25, -0.2) is 54.4 Å². The number of aromatic nitrogens is 8. The summed E-state index contributed by atoms with van der Waals surface area (Å²) < 4.78 is 11.4. The number of carbonyl (C=O) groups is 8. The fourth-order valence-electron chi connectivity index (χ4n) is 10.3. The zero-order valence-electron chi connectivity index (χ0n) is 50.5. The number of carboxylic acids is 2. The van der Waals surface area contributed by atoms with Crippen LogP contribution in [-0.4, -0.2) is 130 Å². The second-order valence-corrected chi connectivity index (χ2v) is 27.7. The van der Waals surface area contributed by atoms with E-state index in [2.05, 4.69) is 31.6 Å². The van der Waals surface area contributed by atoms with E-state index >= 15 is 0 Å². The van der Waals surface area contributed by atoms with Crippen molar-refractivity contribution < 1.29 is 63.1 Å². The number of fused-ring (bicyclic) bond motifs is 14. The van der Waals surface area contributed by atoms with Crippen LogP contribution in [-0.2, 0) is 30.5 Å². The highest BCUT2D eigenvalue weighted by Crippen LogP contribution is 2.41. The number of hydrogen-bond donors (Lipinski definition) is 8. The standard InChI is InChI=1S/C61H58N14O13S6/c1-27(2)44-58-74-47(40(94-58)22-87-5)51(80)64-21-43(77)71-48(49(78)29-9-7-6-8-10-29)57-69-39(25-91-57)55-67-37(23-90-55)46-33(53-68-38(24-89-53)50(79)66-35(20-42(76)62-4)56-73-45(28(3)93-56)52(81)72-44)15-16-34(65-46)54-70-41(26-92-54)75(31-17-18-63-36(19-31)60(84)85)61(86)88-32-13-11-30(12-14-32)59(82)83/h6-10,15-19,23-27,30,32,35,44,48-49,78H,11-14,20-22H2,1-5H3,(H,62,76)(H,64,80)(H,66,79)(H,71,77)(H,72,81)(H,82,83)(H,84,85)/t30?,32?,35-,44-,48-,49-/m0/s1. The van der Waals surface area contributed by atoms with Gasteiger partial charge in [0.1, 0.15) is 88.2 Å². The van der Waals surface area contributed by atoms with E-state index in [4.69, 9.17) is 44.4 Å². The highest BCUT2D eigenvalue weighted by Gasteiger charge is 2.35. The Morgan fingerprint density at radius 1 is 0.702 bits per heavy atom. The van der Waals surface area contributed by atoms with E-state index in [1.807, 2.05) is 13.8 Å². The monoisotopic (exact) mass is 1390 g/mol. The molecule has 11 rings (SSSR count). The molecule has 1 aliphatic carbocycles. The van der Waals surface area contributed by atoms with Crippen LogP contribution in [0.1, 0.15) is 142 Å². The van der Waals surface area contributed by atoms with Crippen molar-refractivity contribution in [3.05, 3.63) is 135 Å². The van der Waals surface area contributed by atoms with Gasteiger partial charge in [0, 0.05) is 52.3 Å². The maximum atomic E-state index is 14.5. The van der Waals surface area contributed by atoms with Gasteiger partial charge >= 0.3 is 18.0 Å². The second kappa shape index (κ2) is 29.0. The van der Waals surface area contributed by atoms with Crippen LogP contribution in [0.2, 0.25) is 0 Å². The molecule has 1 aliphatic heterocycles. The fourth-order valence-corrected chi connectivity index (χ4v) is 15.8. The van der Waals surface area contributed by atoms with Crippen LogP contribution in [0.4, 0.5) is 16.3 Å². The third-order valence-corrected chi connectivity index (χ3v) is 20.9. The van der Waals surface area contributed by atoms with Gasteiger partial charge in [0.25, 0.3) is 17.7 Å². The zero-order chi connectivity index (χ0) is 66.5. The van der Waals surface area contributed by atoms with Crippen LogP contribution in [0.15, 0.2) is 82.3 Å². The van der Waals surface area contributed by atoms with Crippen molar-refractivity contribution in [3.63, 3.8) is 0 Å². The largest absolute Gasteiger partial charge is 0.481 e. The molecule has 0 unspecified atom stereocenters. The molecular formula is C61H58N14O13S6. The topological polar surface area (TPSA) is 382 Å². The van der Waals surface area contributed by atoms with E-state index in [9.17, 15) is 53.7 Å². The zero-order valence-corrected chi connectivity index (χ0v) is 55.4. The number of aliphatic hydroxyl groups is 1. The lowest BCUT2D eigenvalue weighted by Crippen LogP contribution is -2.40. The lowest BCUT2D eigenvalue weighted by molar-refractivity contribution is -0.143. The molecule has 4 atom stereocenters. The second-order valence-electron chi connectivity index (χ2n) is 21.9. The molecule has 486 valence electrons. The van der Waals surface area contributed by atoms with Gasteiger partial charge in [-0.05, 0) is 68.4 Å². The molecule has 10 bridgehead atoms. The Hall–Kier alpha value is -9.22. The number of methoxy groups -OCH3 is 1. The van der Waals surface area contributed by atoms with Crippen molar-refractivity contribution in [1.29, 1.82) is 0 Å². The Morgan fingerprint density at radius 3 is 2.15 bits per heavy atom. The van der Waals surface area contributed by atoms with Crippen molar-refractivity contribution in [2.45, 2.75) is 89.8 Å². The molecule has 0 radical (unpaired) electrons. The summed E-state index contributed by atoms with van der Waals surface area (Å²) in [5.74, 6) is -6.13. The number of ether oxygens (including phenoxy) is 2. The maximum Gasteiger partial charge on any atom is 0.420 e. The van der Waals surface area contributed by atoms with E-state index in [1.165, 1.54) is 49.2 Å². The minimum Gasteiger partial charge on any atom is -0.481 e. The number of aromatic carboxylic acids is 1. The number of carboxylic acid groups (broad SMARTS) is 2. The van der Waals surface area contributed by atoms with Crippen molar-refractivity contribution in [2.24, 2.45) is 11.8 Å². The van der Waals surface area contributed by atoms with Gasteiger partial charge in [0.2, 0.25) is 11.8 Å². The third kappa shape index (κ3) is 14.7. The van der Waals surface area contributed by atoms with Crippen LogP contribution in [0.3, 0.4) is 0 Å². The average Bonchev–Trinajstić information content (AvgIpc) is 1.62. The first kappa shape index (κ1) is 66.2. The summed E-state index contributed by atoms with van der Waals surface area (Å²) in [5.41, 5.74) is 1.84. The molecular weight excluding hydrogens is 1330 g/mol. The summed E-state index contributed by atoms with van der Waals surface area (Å²) in [5, 5.41) is 54.1. The van der Waals surface area contributed by atoms with Crippen molar-refractivity contribution in [3.8, 4) is 43.4 Å². The Morgan fingerprint density at radius 2 is 1.41 bits per heavy atom. The summed E-state index contributed by atoms with van der Waals surface area (Å²) in [6.07, 6.45) is -0.705. The molecule has 2 aliphatic rings. The van der Waals surface area contributed by atoms with Crippen LogP contribution in [0.25, 0.3) is 43.4 Å². The number of pyridine rings is 2. The third-order valence-electron chi connectivity index (χ3n) is 15.2. The molecule has 0 spiro atoms. The van der Waals surface area contributed by atoms with Crippen molar-refractivity contribution in [1.82, 2.24) is 66.5 Å². The van der Waals surface area contributed by atoms with Crippen LogP contribution in [0, 0.1) is 18.8 Å². The predicted octanol–water partition coefficient (Wildman–Crippen LogP) is 9.32. The van der Waals surface area contributed by atoms with E-state index < -0.39 is 90.4 Å². The number of benzene rings is 1. The molecule has 1 saturated carbocycles. The number of carbonyl (C=O) groups excluding carboxylic acids is 6. The fraction of sp³-hybridized carbons (Fsp3) is 0.311. The van der Waals surface area contributed by atoms with E-state index in [0.717, 1.165) is 61.6 Å². The van der Waals surface area contributed by atoms with Gasteiger partial charge in [-0.3, -0.25) is 28.8 Å². The average molecular weight is 1390 g/mol. The molecule has 9 heterocycles. The molecule has 33 heteroatoms. The van der Waals surface area contributed by atoms with E-state index in [-0.39, 0.29) is 69.6 Å². The molecule has 1 fully saturated rings. The highest BCUT2D eigenvalue weighted by molar-refractivity contribution is 7.15. The number of aliphatic hydroxyl groups excluding tert-OH is 1. The molecule has 0 saturated heterocycles. The minimum absolute atomic E-state index is 0.0203. The molecule has 8 aromatic heterocycles. The molecule has 8 N–H and O–H groups in total. The lowest BCUT2D eigenvalue weighted by Gasteiger charge is -2.28. The van der Waals surface area contributed by atoms with Crippen LogP contribution < -0.4 is 31.5 Å². The number of nitrogens with one attached hydrogen (secondary N) is 5. The van der Waals surface area contributed by atoms with Crippen LogP contribution in [0.5, 0.6) is 0 Å². The lowest BCUT2D eigenvalue weighted by atomic mass is 9.87.